The van der Waals surface area contributed by atoms with Crippen molar-refractivity contribution in [1.82, 2.24) is 14.5 Å². The summed E-state index contributed by atoms with van der Waals surface area (Å²) in [5, 5.41) is 6.89. The normalized spacial score (nSPS) is 24.6. The molecule has 2 aliphatic heterocycles. The molecule has 3 atom stereocenters. The van der Waals surface area contributed by atoms with E-state index in [1.54, 1.807) is 49.3 Å². The molecule has 0 radical (unpaired) electrons. The van der Waals surface area contributed by atoms with E-state index in [2.05, 4.69) is 9.62 Å². The molecule has 156 valence electrons. The maximum Gasteiger partial charge on any atom is 0.290 e. The molecule has 2 saturated heterocycles. The highest BCUT2D eigenvalue weighted by Crippen LogP contribution is 2.25. The molecule has 0 bridgehead atoms. The number of benzene rings is 1. The van der Waals surface area contributed by atoms with Crippen LogP contribution in [0.4, 0.5) is 0 Å². The van der Waals surface area contributed by atoms with Crippen LogP contribution in [0.1, 0.15) is 12.8 Å². The van der Waals surface area contributed by atoms with Crippen LogP contribution in [0.2, 0.25) is 0 Å². The molecule has 9 nitrogen and oxygen atoms in total. The van der Waals surface area contributed by atoms with E-state index < -0.39 is 10.0 Å². The van der Waals surface area contributed by atoms with E-state index in [0.29, 0.717) is 26.1 Å². The van der Waals surface area contributed by atoms with E-state index in [-0.39, 0.29) is 35.5 Å². The zero-order valence-electron chi connectivity index (χ0n) is 16.0. The van der Waals surface area contributed by atoms with E-state index in [9.17, 15) is 13.2 Å². The van der Waals surface area contributed by atoms with Gasteiger partial charge in [-0.2, -0.15) is 0 Å². The first kappa shape index (κ1) is 22.3. The van der Waals surface area contributed by atoms with Gasteiger partial charge in [-0.1, -0.05) is 18.2 Å². The Bertz CT molecular complexity index is 756. The van der Waals surface area contributed by atoms with Gasteiger partial charge in [-0.3, -0.25) is 14.5 Å². The minimum atomic E-state index is -3.51. The lowest BCUT2D eigenvalue weighted by molar-refractivity contribution is -0.134. The van der Waals surface area contributed by atoms with E-state index >= 15 is 0 Å². The summed E-state index contributed by atoms with van der Waals surface area (Å²) in [5.41, 5.74) is 0. The molecular formula is C18H27N3O6S. The molecule has 2 N–H and O–H groups in total. The number of morpholine rings is 1. The largest absolute Gasteiger partial charge is 0.483 e. The summed E-state index contributed by atoms with van der Waals surface area (Å²) in [6.45, 7) is 1.59. The maximum atomic E-state index is 12.5. The minimum Gasteiger partial charge on any atom is -0.483 e. The zero-order valence-corrected chi connectivity index (χ0v) is 16.8. The molecular weight excluding hydrogens is 386 g/mol. The van der Waals surface area contributed by atoms with Crippen LogP contribution in [0.15, 0.2) is 35.2 Å². The van der Waals surface area contributed by atoms with Gasteiger partial charge in [-0.25, -0.2) is 13.1 Å². The van der Waals surface area contributed by atoms with Crippen molar-refractivity contribution in [3.63, 3.8) is 0 Å². The Morgan fingerprint density at radius 2 is 1.96 bits per heavy atom. The highest BCUT2D eigenvalue weighted by Gasteiger charge is 2.39. The number of carbonyl (C=O) groups excluding carboxylic acids is 1. The lowest BCUT2D eigenvalue weighted by Gasteiger charge is -2.35. The number of carbonyl (C=O) groups is 2. The lowest BCUT2D eigenvalue weighted by atomic mass is 10.1. The molecule has 1 amide bonds. The maximum absolute atomic E-state index is 12.5. The number of ether oxygens (including phenoxy) is 1. The molecule has 1 aromatic rings. The number of hydrogen-bond acceptors (Lipinski definition) is 6. The molecule has 0 aliphatic carbocycles. The first-order chi connectivity index (χ1) is 13.3. The summed E-state index contributed by atoms with van der Waals surface area (Å²) in [5.74, 6) is 0.0453. The lowest BCUT2D eigenvalue weighted by Crippen LogP contribution is -2.47. The summed E-state index contributed by atoms with van der Waals surface area (Å²) in [7, 11) is -0.0399. The van der Waals surface area contributed by atoms with Crippen molar-refractivity contribution in [3.05, 3.63) is 30.3 Å². The quantitative estimate of drug-likeness (QED) is 0.652. The van der Waals surface area contributed by atoms with Gasteiger partial charge in [0.2, 0.25) is 15.9 Å². The van der Waals surface area contributed by atoms with Crippen molar-refractivity contribution < 1.29 is 27.9 Å². The second-order valence-electron chi connectivity index (χ2n) is 7.03. The van der Waals surface area contributed by atoms with Crippen LogP contribution in [0.5, 0.6) is 0 Å². The Morgan fingerprint density at radius 3 is 2.57 bits per heavy atom. The van der Waals surface area contributed by atoms with Crippen molar-refractivity contribution >= 4 is 22.4 Å². The first-order valence-corrected chi connectivity index (χ1v) is 10.5. The number of rotatable bonds is 5. The molecule has 0 saturated carbocycles. The van der Waals surface area contributed by atoms with Crippen LogP contribution in [0, 0.1) is 0 Å². The summed E-state index contributed by atoms with van der Waals surface area (Å²) in [6, 6.07) is 8.48. The Labute approximate surface area is 165 Å². The summed E-state index contributed by atoms with van der Waals surface area (Å²) in [6.07, 6.45) is 0.951. The van der Waals surface area contributed by atoms with Gasteiger partial charge in [0.05, 0.1) is 24.0 Å². The Morgan fingerprint density at radius 1 is 1.32 bits per heavy atom. The molecule has 2 fully saturated rings. The van der Waals surface area contributed by atoms with Gasteiger partial charge in [0.1, 0.15) is 0 Å². The molecule has 28 heavy (non-hydrogen) atoms. The molecule has 0 aromatic heterocycles. The molecule has 2 heterocycles. The molecule has 1 aromatic carbocycles. The molecule has 0 spiro atoms. The Hall–Kier alpha value is -2.01. The van der Waals surface area contributed by atoms with Crippen molar-refractivity contribution in [1.29, 1.82) is 0 Å². The molecule has 3 rings (SSSR count). The molecule has 10 heteroatoms. The number of hydrogen-bond donors (Lipinski definition) is 2. The van der Waals surface area contributed by atoms with Gasteiger partial charge < -0.3 is 14.7 Å². The van der Waals surface area contributed by atoms with Gasteiger partial charge in [0.15, 0.2) is 0 Å². The van der Waals surface area contributed by atoms with Gasteiger partial charge >= 0.3 is 0 Å². The van der Waals surface area contributed by atoms with Crippen LogP contribution in [-0.4, -0.2) is 87.7 Å². The third-order valence-corrected chi connectivity index (χ3v) is 6.30. The van der Waals surface area contributed by atoms with Crippen LogP contribution in [0.25, 0.3) is 0 Å². The van der Waals surface area contributed by atoms with Crippen molar-refractivity contribution in [2.24, 2.45) is 0 Å². The van der Waals surface area contributed by atoms with Gasteiger partial charge in [-0.05, 0) is 18.6 Å². The number of amides is 1. The Balaban J connectivity index is 0.000000878. The van der Waals surface area contributed by atoms with Crippen molar-refractivity contribution in [2.75, 3.05) is 33.8 Å². The number of nitrogens with zero attached hydrogens (tertiary/aromatic N) is 2. The fraction of sp³-hybridized carbons (Fsp3) is 0.556. The van der Waals surface area contributed by atoms with Crippen LogP contribution >= 0.6 is 0 Å². The minimum absolute atomic E-state index is 0.0453. The van der Waals surface area contributed by atoms with Crippen LogP contribution in [-0.2, 0) is 24.3 Å². The van der Waals surface area contributed by atoms with E-state index in [1.165, 1.54) is 0 Å². The zero-order chi connectivity index (χ0) is 20.7. The van der Waals surface area contributed by atoms with E-state index in [1.807, 2.05) is 0 Å². The number of fused-ring (bicyclic) bond motifs is 1. The third kappa shape index (κ3) is 5.99. The fourth-order valence-electron chi connectivity index (χ4n) is 3.42. The first-order valence-electron chi connectivity index (χ1n) is 8.98. The van der Waals surface area contributed by atoms with E-state index in [4.69, 9.17) is 14.6 Å². The van der Waals surface area contributed by atoms with Crippen molar-refractivity contribution in [2.45, 2.75) is 35.9 Å². The fourth-order valence-corrected chi connectivity index (χ4v) is 4.68. The summed E-state index contributed by atoms with van der Waals surface area (Å²) < 4.78 is 33.5. The average Bonchev–Trinajstić information content (AvgIpc) is 3.03. The van der Waals surface area contributed by atoms with Gasteiger partial charge in [0, 0.05) is 39.3 Å². The second-order valence-corrected chi connectivity index (χ2v) is 8.74. The number of nitrogens with one attached hydrogen (secondary N) is 1. The Kier molecular flexibility index (Phi) is 7.93. The SMILES string of the molecule is CN(C)C(=O)C[C@H]1CN2C[C@H](NS(=O)(=O)c3ccccc3)C[C@H]2CO1.O=CO. The van der Waals surface area contributed by atoms with E-state index in [0.717, 1.165) is 6.42 Å². The monoisotopic (exact) mass is 413 g/mol. The standard InChI is InChI=1S/C17H25N3O4S.CH2O2/c1-19(2)17(21)9-15-11-20-10-13(8-14(20)12-24-15)18-25(22,23)16-6-4-3-5-7-16;2-1-3/h3-7,13-15,18H,8-12H2,1-2H3;1H,(H,2,3)/t13-,14+,15+;/m1./s1. The van der Waals surface area contributed by atoms with Gasteiger partial charge in [0.25, 0.3) is 6.47 Å². The predicted octanol–water partition coefficient (Wildman–Crippen LogP) is -0.0143. The third-order valence-electron chi connectivity index (χ3n) is 4.77. The predicted molar refractivity (Wildman–Crippen MR) is 102 cm³/mol. The number of carboxylic acid groups (broad SMARTS) is 1. The number of sulfonamides is 1. The van der Waals surface area contributed by atoms with Gasteiger partial charge in [-0.15, -0.1) is 0 Å². The summed E-state index contributed by atoms with van der Waals surface area (Å²) in [4.78, 5) is 24.3. The molecule has 0 unspecified atom stereocenters. The van der Waals surface area contributed by atoms with Crippen molar-refractivity contribution in [3.8, 4) is 0 Å². The topological polar surface area (TPSA) is 116 Å². The summed E-state index contributed by atoms with van der Waals surface area (Å²) >= 11 is 0. The highest BCUT2D eigenvalue weighted by molar-refractivity contribution is 7.89. The molecule has 2 aliphatic rings. The second kappa shape index (κ2) is 9.97. The van der Waals surface area contributed by atoms with Crippen LogP contribution < -0.4 is 4.72 Å². The van der Waals surface area contributed by atoms with Crippen LogP contribution in [0.3, 0.4) is 0 Å². The average molecular weight is 413 g/mol. The highest BCUT2D eigenvalue weighted by atomic mass is 32.2. The smallest absolute Gasteiger partial charge is 0.290 e.